The SMILES string of the molecule is O=C(c1cccc(Nc2c(Oc3ccc4c(c3)CCC4)cnn(-c3ccc(Cl)c(Cl)c3)c2=O)c1)N1CCCC1. The van der Waals surface area contributed by atoms with E-state index in [-0.39, 0.29) is 17.3 Å². The van der Waals surface area contributed by atoms with Crippen LogP contribution in [-0.4, -0.2) is 33.7 Å². The lowest BCUT2D eigenvalue weighted by atomic mass is 10.1. The number of nitrogens with zero attached hydrogens (tertiary/aromatic N) is 3. The molecule has 9 heteroatoms. The molecule has 6 rings (SSSR count). The van der Waals surface area contributed by atoms with Crippen LogP contribution in [0.3, 0.4) is 0 Å². The summed E-state index contributed by atoms with van der Waals surface area (Å²) in [6.45, 7) is 1.52. The number of hydrogen-bond acceptors (Lipinski definition) is 5. The molecule has 4 aromatic rings. The molecule has 2 aliphatic rings. The molecule has 1 saturated heterocycles. The number of carbonyl (C=O) groups is 1. The Labute approximate surface area is 235 Å². The third-order valence-corrected chi connectivity index (χ3v) is 7.90. The number of rotatable bonds is 6. The summed E-state index contributed by atoms with van der Waals surface area (Å²) in [7, 11) is 0. The first-order valence-corrected chi connectivity index (χ1v) is 13.8. The van der Waals surface area contributed by atoms with E-state index in [0.29, 0.717) is 32.7 Å². The van der Waals surface area contributed by atoms with Gasteiger partial charge in [0.25, 0.3) is 11.5 Å². The summed E-state index contributed by atoms with van der Waals surface area (Å²) in [5, 5.41) is 8.26. The first-order valence-electron chi connectivity index (χ1n) is 13.0. The quantitative estimate of drug-likeness (QED) is 0.280. The molecule has 0 saturated carbocycles. The Morgan fingerprint density at radius 3 is 2.54 bits per heavy atom. The van der Waals surface area contributed by atoms with E-state index in [4.69, 9.17) is 27.9 Å². The zero-order valence-corrected chi connectivity index (χ0v) is 22.6. The number of carbonyl (C=O) groups excluding carboxylic acids is 1. The Bertz CT molecular complexity index is 1630. The molecule has 1 aliphatic carbocycles. The summed E-state index contributed by atoms with van der Waals surface area (Å²) in [5.41, 5.74) is 3.93. The van der Waals surface area contributed by atoms with Crippen LogP contribution in [0.4, 0.5) is 11.4 Å². The lowest BCUT2D eigenvalue weighted by Gasteiger charge is -2.17. The molecule has 1 aliphatic heterocycles. The minimum Gasteiger partial charge on any atom is -0.453 e. The molecule has 0 unspecified atom stereocenters. The van der Waals surface area contributed by atoms with E-state index in [1.54, 1.807) is 36.4 Å². The number of aromatic nitrogens is 2. The molecule has 1 amide bonds. The van der Waals surface area contributed by atoms with E-state index < -0.39 is 5.56 Å². The average Bonchev–Trinajstić information content (AvgIpc) is 3.65. The lowest BCUT2D eigenvalue weighted by Crippen LogP contribution is -2.27. The first kappa shape index (κ1) is 25.5. The molecule has 3 aromatic carbocycles. The Morgan fingerprint density at radius 2 is 1.72 bits per heavy atom. The van der Waals surface area contributed by atoms with Gasteiger partial charge in [-0.15, -0.1) is 0 Å². The van der Waals surface area contributed by atoms with Gasteiger partial charge in [-0.2, -0.15) is 9.78 Å². The van der Waals surface area contributed by atoms with E-state index in [1.165, 1.54) is 22.0 Å². The van der Waals surface area contributed by atoms with Crippen molar-refractivity contribution in [1.29, 1.82) is 0 Å². The van der Waals surface area contributed by atoms with Crippen molar-refractivity contribution in [3.8, 4) is 17.2 Å². The highest BCUT2D eigenvalue weighted by atomic mass is 35.5. The predicted octanol–water partition coefficient (Wildman–Crippen LogP) is 6.80. The fraction of sp³-hybridized carbons (Fsp3) is 0.233. The van der Waals surface area contributed by atoms with Gasteiger partial charge < -0.3 is 15.0 Å². The molecular formula is C30H26Cl2N4O3. The van der Waals surface area contributed by atoms with Crippen LogP contribution < -0.4 is 15.6 Å². The van der Waals surface area contributed by atoms with Crippen molar-refractivity contribution >= 4 is 40.5 Å². The van der Waals surface area contributed by atoms with Crippen LogP contribution in [-0.2, 0) is 12.8 Å². The number of hydrogen-bond donors (Lipinski definition) is 1. The molecule has 0 spiro atoms. The maximum Gasteiger partial charge on any atom is 0.299 e. The summed E-state index contributed by atoms with van der Waals surface area (Å²) >= 11 is 12.3. The minimum absolute atomic E-state index is 0.0197. The summed E-state index contributed by atoms with van der Waals surface area (Å²) in [6, 6.07) is 18.0. The second-order valence-electron chi connectivity index (χ2n) is 9.79. The zero-order valence-electron chi connectivity index (χ0n) is 21.1. The summed E-state index contributed by atoms with van der Waals surface area (Å²) in [5.74, 6) is 0.879. The van der Waals surface area contributed by atoms with Gasteiger partial charge in [-0.05, 0) is 91.8 Å². The van der Waals surface area contributed by atoms with E-state index in [1.807, 2.05) is 23.1 Å². The standard InChI is InChI=1S/C30H26Cl2N4O3/c31-25-12-10-23(17-26(25)32)36-30(38)28(27(18-33-36)39-24-11-9-19-5-3-6-20(19)16-24)34-22-8-4-7-21(15-22)29(37)35-13-1-2-14-35/h4,7-12,15-18,34H,1-3,5-6,13-14H2. The van der Waals surface area contributed by atoms with Crippen LogP contribution in [0.15, 0.2) is 71.7 Å². The van der Waals surface area contributed by atoms with E-state index in [2.05, 4.69) is 16.5 Å². The minimum atomic E-state index is -0.441. The van der Waals surface area contributed by atoms with Gasteiger partial charge in [0.15, 0.2) is 11.4 Å². The number of halogens is 2. The van der Waals surface area contributed by atoms with Gasteiger partial charge >= 0.3 is 0 Å². The van der Waals surface area contributed by atoms with Crippen LogP contribution in [0.5, 0.6) is 11.5 Å². The summed E-state index contributed by atoms with van der Waals surface area (Å²) < 4.78 is 7.46. The molecule has 39 heavy (non-hydrogen) atoms. The second-order valence-corrected chi connectivity index (χ2v) is 10.6. The molecule has 1 fully saturated rings. The number of nitrogens with one attached hydrogen (secondary N) is 1. The number of likely N-dealkylation sites (tertiary alicyclic amines) is 1. The van der Waals surface area contributed by atoms with Crippen LogP contribution in [0.1, 0.15) is 40.7 Å². The van der Waals surface area contributed by atoms with E-state index in [9.17, 15) is 9.59 Å². The maximum absolute atomic E-state index is 13.8. The Hall–Kier alpha value is -3.81. The molecule has 2 heterocycles. The molecule has 1 aromatic heterocycles. The molecule has 0 atom stereocenters. The molecule has 0 bridgehead atoms. The third kappa shape index (κ3) is 5.24. The monoisotopic (exact) mass is 560 g/mol. The van der Waals surface area contributed by atoms with Crippen molar-refractivity contribution in [1.82, 2.24) is 14.7 Å². The van der Waals surface area contributed by atoms with Gasteiger partial charge in [-0.1, -0.05) is 35.3 Å². The van der Waals surface area contributed by atoms with E-state index in [0.717, 1.165) is 45.2 Å². The van der Waals surface area contributed by atoms with Crippen LogP contribution in [0.25, 0.3) is 5.69 Å². The molecule has 7 nitrogen and oxygen atoms in total. The molecule has 1 N–H and O–H groups in total. The summed E-state index contributed by atoms with van der Waals surface area (Å²) in [6.07, 6.45) is 6.72. The van der Waals surface area contributed by atoms with Crippen molar-refractivity contribution in [2.45, 2.75) is 32.1 Å². The number of ether oxygens (including phenoxy) is 1. The molecule has 198 valence electrons. The van der Waals surface area contributed by atoms with Gasteiger partial charge in [0.05, 0.1) is 21.9 Å². The predicted molar refractivity (Wildman–Crippen MR) is 153 cm³/mol. The topological polar surface area (TPSA) is 76.5 Å². The number of amides is 1. The highest BCUT2D eigenvalue weighted by molar-refractivity contribution is 6.42. The van der Waals surface area contributed by atoms with E-state index >= 15 is 0 Å². The van der Waals surface area contributed by atoms with Gasteiger partial charge in [-0.25, -0.2) is 0 Å². The highest BCUT2D eigenvalue weighted by Crippen LogP contribution is 2.33. The van der Waals surface area contributed by atoms with Gasteiger partial charge in [0.1, 0.15) is 5.75 Å². The smallest absolute Gasteiger partial charge is 0.299 e. The van der Waals surface area contributed by atoms with Crippen molar-refractivity contribution in [2.75, 3.05) is 18.4 Å². The summed E-state index contributed by atoms with van der Waals surface area (Å²) in [4.78, 5) is 28.6. The first-order chi connectivity index (χ1) is 19.0. The fourth-order valence-electron chi connectivity index (χ4n) is 5.15. The molecular weight excluding hydrogens is 535 g/mol. The number of anilines is 2. The van der Waals surface area contributed by atoms with Crippen molar-refractivity contribution < 1.29 is 9.53 Å². The zero-order chi connectivity index (χ0) is 26.9. The lowest BCUT2D eigenvalue weighted by molar-refractivity contribution is 0.0793. The van der Waals surface area contributed by atoms with Crippen molar-refractivity contribution in [3.05, 3.63) is 104 Å². The van der Waals surface area contributed by atoms with Crippen LogP contribution in [0, 0.1) is 0 Å². The maximum atomic E-state index is 13.8. The Balaban J connectivity index is 1.39. The highest BCUT2D eigenvalue weighted by Gasteiger charge is 2.21. The van der Waals surface area contributed by atoms with Gasteiger partial charge in [0.2, 0.25) is 0 Å². The van der Waals surface area contributed by atoms with Crippen LogP contribution >= 0.6 is 23.2 Å². The van der Waals surface area contributed by atoms with Crippen LogP contribution in [0.2, 0.25) is 10.0 Å². The second kappa shape index (κ2) is 10.8. The Kier molecular flexibility index (Phi) is 7.02. The van der Waals surface area contributed by atoms with Gasteiger partial charge in [-0.3, -0.25) is 9.59 Å². The Morgan fingerprint density at radius 1 is 0.897 bits per heavy atom. The normalized spacial score (nSPS) is 14.4. The van der Waals surface area contributed by atoms with Crippen molar-refractivity contribution in [2.24, 2.45) is 0 Å². The van der Waals surface area contributed by atoms with Crippen molar-refractivity contribution in [3.63, 3.8) is 0 Å². The average molecular weight is 561 g/mol. The fourth-order valence-corrected chi connectivity index (χ4v) is 5.44. The third-order valence-electron chi connectivity index (χ3n) is 7.16. The largest absolute Gasteiger partial charge is 0.453 e. The number of benzene rings is 3. The number of fused-ring (bicyclic) bond motifs is 1. The van der Waals surface area contributed by atoms with Gasteiger partial charge in [0, 0.05) is 24.3 Å². The molecule has 0 radical (unpaired) electrons. The number of aryl methyl sites for hydroxylation is 2.